The Balaban J connectivity index is 1.38. The van der Waals surface area contributed by atoms with E-state index in [0.717, 1.165) is 37.1 Å². The zero-order chi connectivity index (χ0) is 23.6. The van der Waals surface area contributed by atoms with Crippen LogP contribution < -0.4 is 0 Å². The summed E-state index contributed by atoms with van der Waals surface area (Å²) in [5, 5.41) is 0. The van der Waals surface area contributed by atoms with Gasteiger partial charge in [0.25, 0.3) is 0 Å². The molecule has 0 aliphatic heterocycles. The van der Waals surface area contributed by atoms with Gasteiger partial charge in [0, 0.05) is 26.0 Å². The molecule has 0 N–H and O–H groups in total. The van der Waals surface area contributed by atoms with E-state index in [1.54, 1.807) is 4.90 Å². The quantitative estimate of drug-likeness (QED) is 0.398. The molecular weight excluding hydrogens is 408 g/mol. The van der Waals surface area contributed by atoms with Gasteiger partial charge in [-0.25, -0.2) is 4.79 Å². The van der Waals surface area contributed by atoms with Gasteiger partial charge < -0.3 is 9.64 Å². The summed E-state index contributed by atoms with van der Waals surface area (Å²) in [7, 11) is 1.89. The Kier molecular flexibility index (Phi) is 7.41. The molecule has 2 atom stereocenters. The van der Waals surface area contributed by atoms with Crippen molar-refractivity contribution in [3.63, 3.8) is 0 Å². The summed E-state index contributed by atoms with van der Waals surface area (Å²) in [4.78, 5) is 18.5. The summed E-state index contributed by atoms with van der Waals surface area (Å²) in [5.74, 6) is 4.26. The molecule has 4 aliphatic carbocycles. The largest absolute Gasteiger partial charge is 0.444 e. The first-order valence-electron chi connectivity index (χ1n) is 13.4. The lowest BCUT2D eigenvalue weighted by Gasteiger charge is -2.57. The van der Waals surface area contributed by atoms with Crippen LogP contribution in [-0.2, 0) is 11.2 Å². The zero-order valence-electron chi connectivity index (χ0n) is 21.7. The Labute approximate surface area is 201 Å². The monoisotopic (exact) mass is 454 g/mol. The van der Waals surface area contributed by atoms with Crippen molar-refractivity contribution in [3.8, 4) is 0 Å². The first-order valence-corrected chi connectivity index (χ1v) is 13.4. The Bertz CT molecular complexity index is 749. The van der Waals surface area contributed by atoms with Crippen LogP contribution in [0.25, 0.3) is 0 Å². The van der Waals surface area contributed by atoms with Crippen molar-refractivity contribution in [2.75, 3.05) is 13.6 Å². The lowest BCUT2D eigenvalue weighted by molar-refractivity contribution is -0.0612. The summed E-state index contributed by atoms with van der Waals surface area (Å²) in [6.45, 7) is 8.98. The maximum absolute atomic E-state index is 12.5. The molecule has 1 amide bonds. The summed E-state index contributed by atoms with van der Waals surface area (Å²) >= 11 is 0. The molecule has 1 aromatic heterocycles. The van der Waals surface area contributed by atoms with Gasteiger partial charge in [-0.3, -0.25) is 4.98 Å². The Morgan fingerprint density at radius 1 is 1.09 bits per heavy atom. The van der Waals surface area contributed by atoms with E-state index in [1.807, 2.05) is 40.2 Å². The smallest absolute Gasteiger partial charge is 0.410 e. The minimum absolute atomic E-state index is 0.205. The van der Waals surface area contributed by atoms with Gasteiger partial charge in [0.15, 0.2) is 0 Å². The van der Waals surface area contributed by atoms with E-state index in [0.29, 0.717) is 17.3 Å². The molecule has 0 aromatic carbocycles. The van der Waals surface area contributed by atoms with Gasteiger partial charge in [0.2, 0.25) is 0 Å². The molecule has 0 saturated heterocycles. The first kappa shape index (κ1) is 24.5. The van der Waals surface area contributed by atoms with E-state index in [-0.39, 0.29) is 6.09 Å². The maximum Gasteiger partial charge on any atom is 0.410 e. The summed E-state index contributed by atoms with van der Waals surface area (Å²) < 4.78 is 5.59. The predicted octanol–water partition coefficient (Wildman–Crippen LogP) is 7.13. The summed E-state index contributed by atoms with van der Waals surface area (Å²) in [6, 6.07) is 4.30. The highest BCUT2D eigenvalue weighted by Crippen LogP contribution is 2.62. The van der Waals surface area contributed by atoms with Crippen LogP contribution in [0.1, 0.15) is 91.0 Å². The minimum Gasteiger partial charge on any atom is -0.444 e. The average Bonchev–Trinajstić information content (AvgIpc) is 2.72. The number of aromatic nitrogens is 1. The Hall–Kier alpha value is -1.58. The third-order valence-electron chi connectivity index (χ3n) is 8.86. The van der Waals surface area contributed by atoms with E-state index in [2.05, 4.69) is 24.0 Å². The van der Waals surface area contributed by atoms with Crippen molar-refractivity contribution in [1.82, 2.24) is 9.88 Å². The number of ether oxygens (including phenoxy) is 1. The number of pyridine rings is 1. The zero-order valence-corrected chi connectivity index (χ0v) is 21.7. The van der Waals surface area contributed by atoms with E-state index in [1.165, 1.54) is 56.9 Å². The molecule has 4 fully saturated rings. The van der Waals surface area contributed by atoms with Gasteiger partial charge in [-0.15, -0.1) is 0 Å². The Morgan fingerprint density at radius 2 is 1.67 bits per heavy atom. The number of amides is 1. The average molecular weight is 455 g/mol. The molecule has 4 heteroatoms. The van der Waals surface area contributed by atoms with Crippen LogP contribution in [0.3, 0.4) is 0 Å². The molecule has 0 spiro atoms. The van der Waals surface area contributed by atoms with Crippen LogP contribution in [0, 0.1) is 35.0 Å². The van der Waals surface area contributed by atoms with E-state index in [9.17, 15) is 4.79 Å². The second kappa shape index (κ2) is 9.96. The molecule has 4 nitrogen and oxygen atoms in total. The standard InChI is InChI=1S/C29H46N2O2/c1-21(14-22-7-11-30-12-8-22)26(9-13-31(5)27(32)33-28(2,3)4)6-10-29-18-23-15-24(19-29)17-25(16-23)20-29/h7-8,11-12,21,23-26H,6,9-10,13-20H2,1-5H3. The summed E-state index contributed by atoms with van der Waals surface area (Å²) in [6.07, 6.45) is 17.4. The molecule has 1 heterocycles. The molecule has 0 radical (unpaired) electrons. The fourth-order valence-corrected chi connectivity index (χ4v) is 7.65. The van der Waals surface area contributed by atoms with Crippen molar-refractivity contribution in [1.29, 1.82) is 0 Å². The highest BCUT2D eigenvalue weighted by Gasteiger charge is 2.50. The molecule has 2 unspecified atom stereocenters. The van der Waals surface area contributed by atoms with Gasteiger partial charge in [-0.1, -0.05) is 6.92 Å². The van der Waals surface area contributed by atoms with Crippen LogP contribution >= 0.6 is 0 Å². The molecule has 33 heavy (non-hydrogen) atoms. The molecular formula is C29H46N2O2. The van der Waals surface area contributed by atoms with Gasteiger partial charge in [0.05, 0.1) is 0 Å². The number of hydrogen-bond donors (Lipinski definition) is 0. The van der Waals surface area contributed by atoms with Crippen LogP contribution in [0.2, 0.25) is 0 Å². The van der Waals surface area contributed by atoms with Crippen molar-refractivity contribution < 1.29 is 9.53 Å². The van der Waals surface area contributed by atoms with Gasteiger partial charge >= 0.3 is 6.09 Å². The topological polar surface area (TPSA) is 42.4 Å². The van der Waals surface area contributed by atoms with Gasteiger partial charge in [-0.05, 0) is 138 Å². The number of hydrogen-bond acceptors (Lipinski definition) is 3. The molecule has 184 valence electrons. The number of carbonyl (C=O) groups excluding carboxylic acids is 1. The third kappa shape index (κ3) is 6.51. The first-order chi connectivity index (χ1) is 15.6. The molecule has 5 rings (SSSR count). The van der Waals surface area contributed by atoms with Crippen LogP contribution in [0.5, 0.6) is 0 Å². The second-order valence-corrected chi connectivity index (χ2v) is 12.9. The lowest BCUT2D eigenvalue weighted by atomic mass is 9.48. The van der Waals surface area contributed by atoms with E-state index in [4.69, 9.17) is 4.74 Å². The van der Waals surface area contributed by atoms with E-state index < -0.39 is 5.60 Å². The van der Waals surface area contributed by atoms with Crippen LogP contribution in [-0.4, -0.2) is 35.2 Å². The SMILES string of the molecule is CC(Cc1ccncc1)C(CCN(C)C(=O)OC(C)(C)C)CCC12CC3CC(CC(C3)C1)C2. The summed E-state index contributed by atoms with van der Waals surface area (Å²) in [5.41, 5.74) is 1.55. The number of nitrogens with zero attached hydrogens (tertiary/aromatic N) is 2. The fourth-order valence-electron chi connectivity index (χ4n) is 7.65. The van der Waals surface area contributed by atoms with E-state index >= 15 is 0 Å². The molecule has 4 bridgehead atoms. The number of carbonyl (C=O) groups is 1. The Morgan fingerprint density at radius 3 is 2.21 bits per heavy atom. The van der Waals surface area contributed by atoms with Crippen LogP contribution in [0.15, 0.2) is 24.5 Å². The lowest BCUT2D eigenvalue weighted by Crippen LogP contribution is -2.46. The highest BCUT2D eigenvalue weighted by molar-refractivity contribution is 5.67. The molecule has 4 aliphatic rings. The number of rotatable bonds is 9. The second-order valence-electron chi connectivity index (χ2n) is 12.9. The van der Waals surface area contributed by atoms with Gasteiger partial charge in [-0.2, -0.15) is 0 Å². The van der Waals surface area contributed by atoms with Crippen molar-refractivity contribution in [3.05, 3.63) is 30.1 Å². The molecule has 4 saturated carbocycles. The van der Waals surface area contributed by atoms with Crippen molar-refractivity contribution >= 4 is 6.09 Å². The van der Waals surface area contributed by atoms with Crippen molar-refractivity contribution in [2.45, 2.75) is 97.5 Å². The third-order valence-corrected chi connectivity index (χ3v) is 8.86. The fraction of sp³-hybridized carbons (Fsp3) is 0.793. The molecule has 1 aromatic rings. The minimum atomic E-state index is -0.447. The van der Waals surface area contributed by atoms with Gasteiger partial charge in [0.1, 0.15) is 5.60 Å². The predicted molar refractivity (Wildman–Crippen MR) is 134 cm³/mol. The normalized spacial score (nSPS) is 30.2. The van der Waals surface area contributed by atoms with Crippen LogP contribution in [0.4, 0.5) is 4.79 Å². The highest BCUT2D eigenvalue weighted by atomic mass is 16.6. The maximum atomic E-state index is 12.5. The van der Waals surface area contributed by atoms with Crippen molar-refractivity contribution in [2.24, 2.45) is 35.0 Å².